The topological polar surface area (TPSA) is 58.6 Å². The summed E-state index contributed by atoms with van der Waals surface area (Å²) in [7, 11) is 0. The third-order valence-electron chi connectivity index (χ3n) is 3.92. The Labute approximate surface area is 120 Å². The van der Waals surface area contributed by atoms with Crippen molar-refractivity contribution in [2.24, 2.45) is 0 Å². The van der Waals surface area contributed by atoms with Crippen LogP contribution in [0.25, 0.3) is 0 Å². The van der Waals surface area contributed by atoms with Crippen molar-refractivity contribution in [2.75, 3.05) is 6.54 Å². The van der Waals surface area contributed by atoms with Gasteiger partial charge in [-0.25, -0.2) is 4.79 Å². The number of carbonyl (C=O) groups is 1. The molecule has 2 N–H and O–H groups in total. The summed E-state index contributed by atoms with van der Waals surface area (Å²) in [5.41, 5.74) is 2.58. The number of hydrogen-bond acceptors (Lipinski definition) is 3. The number of hydrogen-bond donors (Lipinski definition) is 2. The summed E-state index contributed by atoms with van der Waals surface area (Å²) in [5.74, 6) is -0.851. The molecule has 1 aliphatic heterocycles. The van der Waals surface area contributed by atoms with Crippen molar-refractivity contribution in [3.63, 3.8) is 0 Å². The summed E-state index contributed by atoms with van der Waals surface area (Å²) in [6.45, 7) is 4.96. The average molecular weight is 277 g/mol. The Kier molecular flexibility index (Phi) is 5.15. The Morgan fingerprint density at radius 1 is 1.40 bits per heavy atom. The van der Waals surface area contributed by atoms with Crippen LogP contribution in [0.1, 0.15) is 43.9 Å². The maximum Gasteiger partial charge on any atom is 0.332 e. The van der Waals surface area contributed by atoms with E-state index in [1.54, 1.807) is 0 Å². The lowest BCUT2D eigenvalue weighted by Crippen LogP contribution is -2.30. The normalized spacial score (nSPS) is 23.7. The lowest BCUT2D eigenvalue weighted by molar-refractivity contribution is -0.149. The molecule has 0 saturated carbocycles. The summed E-state index contributed by atoms with van der Waals surface area (Å²) in [6, 6.07) is 8.84. The molecular weight excluding hydrogens is 254 g/mol. The molecule has 0 amide bonds. The standard InChI is InChI=1S/C16H23NO3/c1-3-12-4-6-13(7-5-12)11(2)17-10-14-8-9-15(20-14)16(18)19/h4-7,11,14-15,17H,3,8-10H2,1-2H3,(H,18,19). The van der Waals surface area contributed by atoms with Gasteiger partial charge in [-0.2, -0.15) is 0 Å². The monoisotopic (exact) mass is 277 g/mol. The molecule has 1 fully saturated rings. The number of carboxylic acids is 1. The Morgan fingerprint density at radius 2 is 2.10 bits per heavy atom. The highest BCUT2D eigenvalue weighted by Crippen LogP contribution is 2.20. The molecule has 110 valence electrons. The van der Waals surface area contributed by atoms with Crippen LogP contribution in [-0.4, -0.2) is 29.8 Å². The van der Waals surface area contributed by atoms with Crippen LogP contribution < -0.4 is 5.32 Å². The van der Waals surface area contributed by atoms with E-state index in [0.29, 0.717) is 13.0 Å². The van der Waals surface area contributed by atoms with Crippen LogP contribution in [0.4, 0.5) is 0 Å². The molecule has 0 aliphatic carbocycles. The molecule has 0 radical (unpaired) electrons. The van der Waals surface area contributed by atoms with Gasteiger partial charge in [-0.15, -0.1) is 0 Å². The van der Waals surface area contributed by atoms with Crippen LogP contribution in [0.3, 0.4) is 0 Å². The molecule has 4 nitrogen and oxygen atoms in total. The molecular formula is C16H23NO3. The Bertz CT molecular complexity index is 444. The van der Waals surface area contributed by atoms with E-state index < -0.39 is 12.1 Å². The smallest absolute Gasteiger partial charge is 0.332 e. The van der Waals surface area contributed by atoms with Crippen LogP contribution in [0.2, 0.25) is 0 Å². The molecule has 0 bridgehead atoms. The van der Waals surface area contributed by atoms with Crippen LogP contribution in [-0.2, 0) is 16.0 Å². The number of aliphatic carboxylic acids is 1. The van der Waals surface area contributed by atoms with Crippen molar-refractivity contribution < 1.29 is 14.6 Å². The van der Waals surface area contributed by atoms with E-state index >= 15 is 0 Å². The summed E-state index contributed by atoms with van der Waals surface area (Å²) in [5, 5.41) is 12.3. The highest BCUT2D eigenvalue weighted by molar-refractivity contribution is 5.72. The molecule has 3 atom stereocenters. The van der Waals surface area contributed by atoms with Gasteiger partial charge in [0.1, 0.15) is 0 Å². The first-order valence-electron chi connectivity index (χ1n) is 7.30. The minimum absolute atomic E-state index is 0.00784. The van der Waals surface area contributed by atoms with Crippen molar-refractivity contribution in [3.8, 4) is 0 Å². The number of aryl methyl sites for hydroxylation is 1. The number of ether oxygens (including phenoxy) is 1. The second-order valence-electron chi connectivity index (χ2n) is 5.39. The van der Waals surface area contributed by atoms with E-state index in [2.05, 4.69) is 43.4 Å². The summed E-state index contributed by atoms with van der Waals surface area (Å²) in [4.78, 5) is 10.8. The lowest BCUT2D eigenvalue weighted by atomic mass is 10.0. The predicted octanol–water partition coefficient (Wildman–Crippen LogP) is 2.53. The van der Waals surface area contributed by atoms with Gasteiger partial charge in [0.25, 0.3) is 0 Å². The SMILES string of the molecule is CCc1ccc(C(C)NCC2CCC(C(=O)O)O2)cc1. The molecule has 4 heteroatoms. The van der Waals surface area contributed by atoms with Gasteiger partial charge in [-0.05, 0) is 37.3 Å². The molecule has 1 aromatic rings. The highest BCUT2D eigenvalue weighted by atomic mass is 16.5. The molecule has 2 rings (SSSR count). The Balaban J connectivity index is 1.80. The second-order valence-corrected chi connectivity index (χ2v) is 5.39. The number of benzene rings is 1. The molecule has 1 saturated heterocycles. The summed E-state index contributed by atoms with van der Waals surface area (Å²) >= 11 is 0. The van der Waals surface area contributed by atoms with Crippen LogP contribution in [0.15, 0.2) is 24.3 Å². The maximum atomic E-state index is 10.8. The van der Waals surface area contributed by atoms with Gasteiger partial charge >= 0.3 is 5.97 Å². The lowest BCUT2D eigenvalue weighted by Gasteiger charge is -2.18. The van der Waals surface area contributed by atoms with Crippen molar-refractivity contribution in [1.29, 1.82) is 0 Å². The first-order chi connectivity index (χ1) is 9.60. The van der Waals surface area contributed by atoms with E-state index in [1.807, 2.05) is 0 Å². The molecule has 1 heterocycles. The van der Waals surface area contributed by atoms with Gasteiger partial charge in [0.05, 0.1) is 6.10 Å². The largest absolute Gasteiger partial charge is 0.479 e. The van der Waals surface area contributed by atoms with E-state index in [4.69, 9.17) is 9.84 Å². The van der Waals surface area contributed by atoms with E-state index in [0.717, 1.165) is 12.8 Å². The van der Waals surface area contributed by atoms with Crippen molar-refractivity contribution in [3.05, 3.63) is 35.4 Å². The fourth-order valence-electron chi connectivity index (χ4n) is 2.51. The summed E-state index contributed by atoms with van der Waals surface area (Å²) < 4.78 is 5.48. The van der Waals surface area contributed by atoms with E-state index in [-0.39, 0.29) is 12.1 Å². The average Bonchev–Trinajstić information content (AvgIpc) is 2.94. The fourth-order valence-corrected chi connectivity index (χ4v) is 2.51. The molecule has 3 unspecified atom stereocenters. The van der Waals surface area contributed by atoms with E-state index in [9.17, 15) is 4.79 Å². The number of rotatable bonds is 6. The fraction of sp³-hybridized carbons (Fsp3) is 0.562. The van der Waals surface area contributed by atoms with Gasteiger partial charge < -0.3 is 15.2 Å². The maximum absolute atomic E-state index is 10.8. The molecule has 1 aromatic carbocycles. The first-order valence-corrected chi connectivity index (χ1v) is 7.30. The van der Waals surface area contributed by atoms with Crippen molar-refractivity contribution in [1.82, 2.24) is 5.32 Å². The van der Waals surface area contributed by atoms with Gasteiger partial charge in [-0.1, -0.05) is 31.2 Å². The zero-order chi connectivity index (χ0) is 14.5. The minimum atomic E-state index is -0.851. The quantitative estimate of drug-likeness (QED) is 0.839. The number of carboxylic acid groups (broad SMARTS) is 1. The van der Waals surface area contributed by atoms with Gasteiger partial charge in [0.15, 0.2) is 6.10 Å². The van der Waals surface area contributed by atoms with Crippen LogP contribution in [0.5, 0.6) is 0 Å². The third-order valence-corrected chi connectivity index (χ3v) is 3.92. The highest BCUT2D eigenvalue weighted by Gasteiger charge is 2.30. The molecule has 20 heavy (non-hydrogen) atoms. The van der Waals surface area contributed by atoms with Gasteiger partial charge in [-0.3, -0.25) is 0 Å². The van der Waals surface area contributed by atoms with Crippen LogP contribution in [0, 0.1) is 0 Å². The van der Waals surface area contributed by atoms with Crippen LogP contribution >= 0.6 is 0 Å². The minimum Gasteiger partial charge on any atom is -0.479 e. The Morgan fingerprint density at radius 3 is 2.65 bits per heavy atom. The second kappa shape index (κ2) is 6.86. The predicted molar refractivity (Wildman–Crippen MR) is 77.8 cm³/mol. The Hall–Kier alpha value is -1.39. The zero-order valence-electron chi connectivity index (χ0n) is 12.1. The van der Waals surface area contributed by atoms with E-state index in [1.165, 1.54) is 11.1 Å². The van der Waals surface area contributed by atoms with Crippen molar-refractivity contribution in [2.45, 2.75) is 51.4 Å². The molecule has 0 aromatic heterocycles. The zero-order valence-corrected chi connectivity index (χ0v) is 12.1. The van der Waals surface area contributed by atoms with Gasteiger partial charge in [0.2, 0.25) is 0 Å². The van der Waals surface area contributed by atoms with Crippen molar-refractivity contribution >= 4 is 5.97 Å². The third kappa shape index (κ3) is 3.81. The first kappa shape index (κ1) is 15.0. The van der Waals surface area contributed by atoms with Gasteiger partial charge in [0, 0.05) is 12.6 Å². The molecule has 1 aliphatic rings. The molecule has 0 spiro atoms. The number of nitrogens with one attached hydrogen (secondary N) is 1. The summed E-state index contributed by atoms with van der Waals surface area (Å²) in [6.07, 6.45) is 1.86.